The van der Waals surface area contributed by atoms with Gasteiger partial charge in [-0.1, -0.05) is 12.1 Å². The minimum atomic E-state index is -0.267. The summed E-state index contributed by atoms with van der Waals surface area (Å²) in [7, 11) is 0. The Kier molecular flexibility index (Phi) is 5.08. The van der Waals surface area contributed by atoms with Gasteiger partial charge in [0, 0.05) is 49.9 Å². The van der Waals surface area contributed by atoms with Gasteiger partial charge in [-0.2, -0.15) is 0 Å². The van der Waals surface area contributed by atoms with Gasteiger partial charge in [0.05, 0.1) is 19.0 Å². The Bertz CT molecular complexity index is 945. The van der Waals surface area contributed by atoms with Crippen LogP contribution >= 0.6 is 0 Å². The molecule has 0 unspecified atom stereocenters. The summed E-state index contributed by atoms with van der Waals surface area (Å²) in [6.45, 7) is 9.61. The number of fused-ring (bicyclic) bond motifs is 3. The molecule has 6 nitrogen and oxygen atoms in total. The van der Waals surface area contributed by atoms with Gasteiger partial charge in [0.15, 0.2) is 0 Å². The van der Waals surface area contributed by atoms with Gasteiger partial charge >= 0.3 is 0 Å². The number of benzene rings is 1. The van der Waals surface area contributed by atoms with E-state index in [9.17, 15) is 4.79 Å². The average Bonchev–Trinajstić information content (AvgIpc) is 3.26. The molecule has 3 aliphatic heterocycles. The smallest absolute Gasteiger partial charge is 0.224 e. The number of carbonyl (C=O) groups is 1. The molecule has 5 rings (SSSR count). The van der Waals surface area contributed by atoms with Crippen molar-refractivity contribution < 1.29 is 14.3 Å². The summed E-state index contributed by atoms with van der Waals surface area (Å²) in [5.74, 6) is 1.53. The van der Waals surface area contributed by atoms with Crippen LogP contribution in [0.5, 0.6) is 5.75 Å². The van der Waals surface area contributed by atoms with Gasteiger partial charge in [0.1, 0.15) is 11.4 Å². The summed E-state index contributed by atoms with van der Waals surface area (Å²) in [6.07, 6.45) is 9.15. The Labute approximate surface area is 184 Å². The molecule has 0 N–H and O–H groups in total. The number of aromatic nitrogens is 2. The minimum Gasteiger partial charge on any atom is -0.487 e. The highest BCUT2D eigenvalue weighted by Crippen LogP contribution is 2.55. The quantitative estimate of drug-likeness (QED) is 0.745. The summed E-state index contributed by atoms with van der Waals surface area (Å²) in [4.78, 5) is 18.8. The van der Waals surface area contributed by atoms with Crippen molar-refractivity contribution in [3.05, 3.63) is 48.0 Å². The lowest BCUT2D eigenvalue weighted by atomic mass is 9.64. The SMILES string of the molecule is Cc1ccc2c(c1)OC(C)(C)[C@H]1CC3(CCN(C(=O)CCn4ccnc4)CC3)CO[C@H]21. The number of piperidine rings is 1. The fraction of sp³-hybridized carbons (Fsp3) is 0.600. The molecule has 3 aliphatic rings. The monoisotopic (exact) mass is 423 g/mol. The van der Waals surface area contributed by atoms with Crippen molar-refractivity contribution in [2.24, 2.45) is 11.3 Å². The molecule has 4 heterocycles. The molecule has 0 bridgehead atoms. The second-order valence-corrected chi connectivity index (χ2v) is 10.2. The van der Waals surface area contributed by atoms with Crippen LogP contribution in [0.25, 0.3) is 0 Å². The molecule has 6 heteroatoms. The Hall–Kier alpha value is -2.34. The van der Waals surface area contributed by atoms with Crippen LogP contribution < -0.4 is 4.74 Å². The average molecular weight is 424 g/mol. The maximum absolute atomic E-state index is 12.7. The van der Waals surface area contributed by atoms with E-state index in [0.29, 0.717) is 18.9 Å². The Morgan fingerprint density at radius 2 is 2.06 bits per heavy atom. The molecular formula is C25H33N3O3. The van der Waals surface area contributed by atoms with Gasteiger partial charge in [-0.05, 0) is 57.1 Å². The number of imidazole rings is 1. The summed E-state index contributed by atoms with van der Waals surface area (Å²) in [5, 5.41) is 0. The first-order valence-corrected chi connectivity index (χ1v) is 11.5. The first-order valence-electron chi connectivity index (χ1n) is 11.5. The topological polar surface area (TPSA) is 56.6 Å². The molecular weight excluding hydrogens is 390 g/mol. The van der Waals surface area contributed by atoms with Crippen molar-refractivity contribution in [2.45, 2.75) is 64.7 Å². The number of rotatable bonds is 3. The van der Waals surface area contributed by atoms with Crippen LogP contribution in [-0.2, 0) is 16.1 Å². The van der Waals surface area contributed by atoms with Crippen LogP contribution in [0.3, 0.4) is 0 Å². The molecule has 166 valence electrons. The van der Waals surface area contributed by atoms with E-state index >= 15 is 0 Å². The lowest BCUT2D eigenvalue weighted by Crippen LogP contribution is -2.54. The summed E-state index contributed by atoms with van der Waals surface area (Å²) < 4.78 is 15.0. The molecule has 0 aliphatic carbocycles. The zero-order valence-electron chi connectivity index (χ0n) is 18.8. The molecule has 2 atom stereocenters. The van der Waals surface area contributed by atoms with Crippen LogP contribution in [-0.4, -0.2) is 45.7 Å². The van der Waals surface area contributed by atoms with Crippen LogP contribution in [0.2, 0.25) is 0 Å². The van der Waals surface area contributed by atoms with Crippen molar-refractivity contribution in [1.82, 2.24) is 14.5 Å². The van der Waals surface area contributed by atoms with E-state index in [1.165, 1.54) is 11.1 Å². The van der Waals surface area contributed by atoms with Crippen molar-refractivity contribution in [3.63, 3.8) is 0 Å². The number of ether oxygens (including phenoxy) is 2. The van der Waals surface area contributed by atoms with E-state index in [-0.39, 0.29) is 23.0 Å². The largest absolute Gasteiger partial charge is 0.487 e. The number of amides is 1. The van der Waals surface area contributed by atoms with Gasteiger partial charge in [0.25, 0.3) is 0 Å². The summed E-state index contributed by atoms with van der Waals surface area (Å²) >= 11 is 0. The molecule has 0 saturated carbocycles. The minimum absolute atomic E-state index is 0.0971. The van der Waals surface area contributed by atoms with Crippen molar-refractivity contribution >= 4 is 5.91 Å². The predicted molar refractivity (Wildman–Crippen MR) is 118 cm³/mol. The van der Waals surface area contributed by atoms with E-state index in [2.05, 4.69) is 44.0 Å². The highest BCUT2D eigenvalue weighted by atomic mass is 16.5. The van der Waals surface area contributed by atoms with Gasteiger partial charge in [-0.15, -0.1) is 0 Å². The Morgan fingerprint density at radius 3 is 2.81 bits per heavy atom. The molecule has 2 aromatic rings. The number of carbonyl (C=O) groups excluding carboxylic acids is 1. The molecule has 2 saturated heterocycles. The summed E-state index contributed by atoms with van der Waals surface area (Å²) in [5.41, 5.74) is 2.28. The molecule has 2 fully saturated rings. The third kappa shape index (κ3) is 3.86. The molecule has 1 aromatic carbocycles. The maximum Gasteiger partial charge on any atom is 0.224 e. The lowest BCUT2D eigenvalue weighted by Gasteiger charge is -2.54. The molecule has 31 heavy (non-hydrogen) atoms. The number of likely N-dealkylation sites (tertiary alicyclic amines) is 1. The molecule has 1 aromatic heterocycles. The third-order valence-corrected chi connectivity index (χ3v) is 7.65. The van der Waals surface area contributed by atoms with Gasteiger partial charge in [0.2, 0.25) is 5.91 Å². The van der Waals surface area contributed by atoms with Crippen molar-refractivity contribution in [3.8, 4) is 5.75 Å². The normalized spacial score (nSPS) is 26.1. The van der Waals surface area contributed by atoms with Crippen LogP contribution in [0.4, 0.5) is 0 Å². The standard InChI is InChI=1S/C25H33N3O3/c1-18-4-5-19-21(14-18)31-24(2,3)20-15-25(16-30-23(19)20)7-11-28(12-8-25)22(29)6-10-27-13-9-26-17-27/h4-5,9,13-14,17,20,23H,6-8,10-12,15-16H2,1-3H3/t20-,23+/m0/s1. The second kappa shape index (κ2) is 7.66. The molecule has 1 amide bonds. The van der Waals surface area contributed by atoms with E-state index in [1.807, 2.05) is 15.7 Å². The fourth-order valence-corrected chi connectivity index (χ4v) is 5.64. The van der Waals surface area contributed by atoms with Gasteiger partial charge in [-0.3, -0.25) is 4.79 Å². The van der Waals surface area contributed by atoms with Crippen molar-refractivity contribution in [1.29, 1.82) is 0 Å². The van der Waals surface area contributed by atoms with E-state index < -0.39 is 0 Å². The number of hydrogen-bond acceptors (Lipinski definition) is 4. The van der Waals surface area contributed by atoms with Gasteiger partial charge in [-0.25, -0.2) is 4.98 Å². The van der Waals surface area contributed by atoms with Crippen LogP contribution in [0.1, 0.15) is 56.8 Å². The number of nitrogens with zero attached hydrogens (tertiary/aromatic N) is 3. The highest BCUT2D eigenvalue weighted by molar-refractivity contribution is 5.76. The second-order valence-electron chi connectivity index (χ2n) is 10.2. The number of aryl methyl sites for hydroxylation is 2. The predicted octanol–water partition coefficient (Wildman–Crippen LogP) is 4.14. The first kappa shape index (κ1) is 20.6. The molecule has 1 spiro atoms. The lowest BCUT2D eigenvalue weighted by molar-refractivity contribution is -0.176. The third-order valence-electron chi connectivity index (χ3n) is 7.65. The summed E-state index contributed by atoms with van der Waals surface area (Å²) in [6, 6.07) is 6.46. The highest BCUT2D eigenvalue weighted by Gasteiger charge is 2.52. The van der Waals surface area contributed by atoms with Crippen LogP contribution in [0, 0.1) is 18.3 Å². The van der Waals surface area contributed by atoms with E-state index in [1.54, 1.807) is 12.5 Å². The number of hydrogen-bond donors (Lipinski definition) is 0. The van der Waals surface area contributed by atoms with Gasteiger partial charge < -0.3 is 18.9 Å². The fourth-order valence-electron chi connectivity index (χ4n) is 5.64. The maximum atomic E-state index is 12.7. The zero-order chi connectivity index (χ0) is 21.6. The Balaban J connectivity index is 1.24. The Morgan fingerprint density at radius 1 is 1.26 bits per heavy atom. The van der Waals surface area contributed by atoms with E-state index in [4.69, 9.17) is 9.47 Å². The first-order chi connectivity index (χ1) is 14.9. The zero-order valence-corrected chi connectivity index (χ0v) is 18.8. The van der Waals surface area contributed by atoms with Crippen molar-refractivity contribution in [2.75, 3.05) is 19.7 Å². The molecule has 0 radical (unpaired) electrons. The van der Waals surface area contributed by atoms with E-state index in [0.717, 1.165) is 44.7 Å². The van der Waals surface area contributed by atoms with Crippen LogP contribution in [0.15, 0.2) is 36.9 Å².